The Kier molecular flexibility index (Phi) is 4.07. The van der Waals surface area contributed by atoms with Gasteiger partial charge in [0, 0.05) is 13.2 Å². The number of benzene rings is 1. The number of rotatable bonds is 0. The number of phenolic OH excluding ortho intramolecular Hbond substituents is 2. The number of phenols is 2. The van der Waals surface area contributed by atoms with Crippen molar-refractivity contribution < 1.29 is 15.3 Å². The van der Waals surface area contributed by atoms with Crippen LogP contribution in [0.3, 0.4) is 0 Å². The van der Waals surface area contributed by atoms with E-state index in [2.05, 4.69) is 0 Å². The van der Waals surface area contributed by atoms with Gasteiger partial charge in [-0.25, -0.2) is 0 Å². The molecule has 3 heteroatoms. The monoisotopic (exact) mass is 156 g/mol. The second-order valence-electron chi connectivity index (χ2n) is 1.97. The van der Waals surface area contributed by atoms with Crippen molar-refractivity contribution in [3.05, 3.63) is 23.8 Å². The smallest absolute Gasteiger partial charge is 0.122 e. The third-order valence-electron chi connectivity index (χ3n) is 1.19. The van der Waals surface area contributed by atoms with Gasteiger partial charge < -0.3 is 15.3 Å². The summed E-state index contributed by atoms with van der Waals surface area (Å²) >= 11 is 0. The van der Waals surface area contributed by atoms with Crippen molar-refractivity contribution in [2.45, 2.75) is 6.92 Å². The van der Waals surface area contributed by atoms with Gasteiger partial charge in [0.2, 0.25) is 0 Å². The van der Waals surface area contributed by atoms with E-state index in [1.165, 1.54) is 12.1 Å². The molecule has 62 valence electrons. The lowest BCUT2D eigenvalue weighted by Gasteiger charge is -1.96. The summed E-state index contributed by atoms with van der Waals surface area (Å²) in [5, 5.41) is 24.7. The molecule has 0 heterocycles. The van der Waals surface area contributed by atoms with Crippen molar-refractivity contribution in [2.75, 3.05) is 7.11 Å². The lowest BCUT2D eigenvalue weighted by atomic mass is 10.2. The van der Waals surface area contributed by atoms with Gasteiger partial charge in [0.15, 0.2) is 0 Å². The molecule has 3 N–H and O–H groups in total. The molecular formula is C8H12O3. The second-order valence-corrected chi connectivity index (χ2v) is 1.97. The summed E-state index contributed by atoms with van der Waals surface area (Å²) in [7, 11) is 1.00. The SMILES string of the molecule is CO.Cc1ccc(O)cc1O. The van der Waals surface area contributed by atoms with Crippen LogP contribution in [0.1, 0.15) is 5.56 Å². The number of aromatic hydroxyl groups is 2. The van der Waals surface area contributed by atoms with E-state index in [0.29, 0.717) is 0 Å². The Hall–Kier alpha value is -1.22. The van der Waals surface area contributed by atoms with E-state index < -0.39 is 0 Å². The average molecular weight is 156 g/mol. The molecule has 0 atom stereocenters. The van der Waals surface area contributed by atoms with Crippen LogP contribution in [-0.2, 0) is 0 Å². The summed E-state index contributed by atoms with van der Waals surface area (Å²) < 4.78 is 0. The predicted octanol–water partition coefficient (Wildman–Crippen LogP) is 1.01. The maximum Gasteiger partial charge on any atom is 0.122 e. The first-order chi connectivity index (χ1) is 5.20. The number of hydrogen-bond acceptors (Lipinski definition) is 3. The first kappa shape index (κ1) is 9.78. The zero-order chi connectivity index (χ0) is 8.85. The molecule has 0 saturated heterocycles. The van der Waals surface area contributed by atoms with E-state index in [0.717, 1.165) is 12.7 Å². The standard InChI is InChI=1S/C7H8O2.CH4O/c1-5-2-3-6(8)4-7(5)9;1-2/h2-4,8-9H,1H3;2H,1H3. The van der Waals surface area contributed by atoms with Crippen LogP contribution in [0, 0.1) is 6.92 Å². The number of aliphatic hydroxyl groups is 1. The Bertz CT molecular complexity index is 221. The van der Waals surface area contributed by atoms with Gasteiger partial charge in [0.25, 0.3) is 0 Å². The lowest BCUT2D eigenvalue weighted by Crippen LogP contribution is -1.71. The molecule has 0 aromatic heterocycles. The van der Waals surface area contributed by atoms with Crippen LogP contribution >= 0.6 is 0 Å². The number of hydrogen-bond donors (Lipinski definition) is 3. The molecular weight excluding hydrogens is 144 g/mol. The number of aliphatic hydroxyl groups excluding tert-OH is 1. The van der Waals surface area contributed by atoms with E-state index in [1.807, 2.05) is 0 Å². The molecule has 0 radical (unpaired) electrons. The fourth-order valence-corrected chi connectivity index (χ4v) is 0.598. The van der Waals surface area contributed by atoms with E-state index in [-0.39, 0.29) is 11.5 Å². The third kappa shape index (κ3) is 2.91. The van der Waals surface area contributed by atoms with Crippen molar-refractivity contribution in [1.82, 2.24) is 0 Å². The first-order valence-electron chi connectivity index (χ1n) is 3.13. The molecule has 11 heavy (non-hydrogen) atoms. The summed E-state index contributed by atoms with van der Waals surface area (Å²) in [5.41, 5.74) is 0.771. The largest absolute Gasteiger partial charge is 0.508 e. The van der Waals surface area contributed by atoms with Gasteiger partial charge in [-0.2, -0.15) is 0 Å². The minimum atomic E-state index is 0.0955. The van der Waals surface area contributed by atoms with Gasteiger partial charge in [-0.15, -0.1) is 0 Å². The molecule has 1 aromatic carbocycles. The Balaban J connectivity index is 0.000000461. The number of aryl methyl sites for hydroxylation is 1. The summed E-state index contributed by atoms with van der Waals surface area (Å²) in [6, 6.07) is 4.51. The summed E-state index contributed by atoms with van der Waals surface area (Å²) in [4.78, 5) is 0. The van der Waals surface area contributed by atoms with E-state index in [9.17, 15) is 0 Å². The van der Waals surface area contributed by atoms with Crippen molar-refractivity contribution >= 4 is 0 Å². The molecule has 3 nitrogen and oxygen atoms in total. The Morgan fingerprint density at radius 2 is 1.64 bits per heavy atom. The highest BCUT2D eigenvalue weighted by Crippen LogP contribution is 2.20. The highest BCUT2D eigenvalue weighted by Gasteiger charge is 1.93. The van der Waals surface area contributed by atoms with E-state index >= 15 is 0 Å². The summed E-state index contributed by atoms with van der Waals surface area (Å²) in [5.74, 6) is 0.230. The Labute approximate surface area is 65.5 Å². The van der Waals surface area contributed by atoms with Gasteiger partial charge in [-0.05, 0) is 18.6 Å². The average Bonchev–Trinajstić information content (AvgIpc) is 2.02. The molecule has 1 rings (SSSR count). The van der Waals surface area contributed by atoms with Crippen molar-refractivity contribution in [3.63, 3.8) is 0 Å². The molecule has 0 aliphatic heterocycles. The highest BCUT2D eigenvalue weighted by molar-refractivity contribution is 5.37. The molecule has 0 saturated carbocycles. The molecule has 0 aliphatic rings. The van der Waals surface area contributed by atoms with Crippen LogP contribution in [0.25, 0.3) is 0 Å². The zero-order valence-electron chi connectivity index (χ0n) is 6.57. The van der Waals surface area contributed by atoms with Gasteiger partial charge >= 0.3 is 0 Å². The Morgan fingerprint density at radius 1 is 1.09 bits per heavy atom. The summed E-state index contributed by atoms with van der Waals surface area (Å²) in [6.45, 7) is 1.77. The first-order valence-corrected chi connectivity index (χ1v) is 3.13. The van der Waals surface area contributed by atoms with Gasteiger partial charge in [0.1, 0.15) is 11.5 Å². The quantitative estimate of drug-likeness (QED) is 0.525. The van der Waals surface area contributed by atoms with Crippen LogP contribution in [0.2, 0.25) is 0 Å². The minimum absolute atomic E-state index is 0.0955. The van der Waals surface area contributed by atoms with Crippen LogP contribution in [0.15, 0.2) is 18.2 Å². The fourth-order valence-electron chi connectivity index (χ4n) is 0.598. The maximum absolute atomic E-state index is 8.94. The second kappa shape index (κ2) is 4.57. The molecule has 0 bridgehead atoms. The van der Waals surface area contributed by atoms with Gasteiger partial charge in [-0.3, -0.25) is 0 Å². The minimum Gasteiger partial charge on any atom is -0.508 e. The molecule has 0 fully saturated rings. The van der Waals surface area contributed by atoms with E-state index in [1.54, 1.807) is 13.0 Å². The predicted molar refractivity (Wildman–Crippen MR) is 42.7 cm³/mol. The summed E-state index contributed by atoms with van der Waals surface area (Å²) in [6.07, 6.45) is 0. The van der Waals surface area contributed by atoms with E-state index in [4.69, 9.17) is 15.3 Å². The van der Waals surface area contributed by atoms with Gasteiger partial charge in [0.05, 0.1) is 0 Å². The molecule has 0 unspecified atom stereocenters. The molecule has 1 aromatic rings. The van der Waals surface area contributed by atoms with Crippen molar-refractivity contribution in [1.29, 1.82) is 0 Å². The van der Waals surface area contributed by atoms with Crippen molar-refractivity contribution in [2.24, 2.45) is 0 Å². The van der Waals surface area contributed by atoms with Crippen LogP contribution < -0.4 is 0 Å². The van der Waals surface area contributed by atoms with Crippen LogP contribution in [0.5, 0.6) is 11.5 Å². The zero-order valence-corrected chi connectivity index (χ0v) is 6.57. The van der Waals surface area contributed by atoms with Crippen LogP contribution in [-0.4, -0.2) is 22.4 Å². The Morgan fingerprint density at radius 3 is 2.00 bits per heavy atom. The molecule has 0 spiro atoms. The lowest BCUT2D eigenvalue weighted by molar-refractivity contribution is 0.399. The highest BCUT2D eigenvalue weighted by atomic mass is 16.3. The van der Waals surface area contributed by atoms with Gasteiger partial charge in [-0.1, -0.05) is 6.07 Å². The maximum atomic E-state index is 8.94. The third-order valence-corrected chi connectivity index (χ3v) is 1.19. The molecule has 0 aliphatic carbocycles. The fraction of sp³-hybridized carbons (Fsp3) is 0.250. The van der Waals surface area contributed by atoms with Crippen molar-refractivity contribution in [3.8, 4) is 11.5 Å². The molecule has 0 amide bonds. The topological polar surface area (TPSA) is 60.7 Å². The van der Waals surface area contributed by atoms with Crippen LogP contribution in [0.4, 0.5) is 0 Å². The normalized spacial score (nSPS) is 8.27.